The average molecular weight is 578 g/mol. The van der Waals surface area contributed by atoms with Gasteiger partial charge < -0.3 is 14.7 Å². The second-order valence-electron chi connectivity index (χ2n) is 9.94. The molecule has 1 saturated carbocycles. The van der Waals surface area contributed by atoms with Crippen LogP contribution in [0.2, 0.25) is 0 Å². The third kappa shape index (κ3) is 4.33. The normalized spacial score (nSPS) is 21.8. The summed E-state index contributed by atoms with van der Waals surface area (Å²) in [4.78, 5) is 53.7. The van der Waals surface area contributed by atoms with Gasteiger partial charge in [-0.2, -0.15) is 0 Å². The maximum atomic E-state index is 13.4. The van der Waals surface area contributed by atoms with Crippen LogP contribution in [0.1, 0.15) is 43.2 Å². The lowest BCUT2D eigenvalue weighted by Gasteiger charge is -2.27. The minimum atomic E-state index is -1.20. The zero-order chi connectivity index (χ0) is 28.1. The van der Waals surface area contributed by atoms with Crippen LogP contribution in [0.5, 0.6) is 5.75 Å². The fraction of sp³-hybridized carbons (Fsp3) is 0.310. The van der Waals surface area contributed by atoms with Gasteiger partial charge in [0, 0.05) is 29.9 Å². The van der Waals surface area contributed by atoms with Crippen LogP contribution in [0, 0.1) is 0 Å². The Hall–Kier alpha value is -3.83. The number of carboxylic acids is 1. The van der Waals surface area contributed by atoms with Crippen LogP contribution in [-0.4, -0.2) is 51.4 Å². The van der Waals surface area contributed by atoms with Crippen molar-refractivity contribution in [3.05, 3.63) is 73.1 Å². The first-order chi connectivity index (χ1) is 19.3. The molecular weight excluding hydrogens is 550 g/mol. The Morgan fingerprint density at radius 3 is 2.58 bits per heavy atom. The molecule has 2 fully saturated rings. The highest BCUT2D eigenvalue weighted by Crippen LogP contribution is 2.52. The number of carbonyl (C=O) groups is 3. The maximum absolute atomic E-state index is 13.4. The van der Waals surface area contributed by atoms with Gasteiger partial charge in [-0.1, -0.05) is 12.5 Å². The molecule has 0 bridgehead atoms. The highest BCUT2D eigenvalue weighted by atomic mass is 32.2. The number of hydrogen-bond acceptors (Lipinski definition) is 8. The molecule has 0 spiro atoms. The molecule has 6 rings (SSSR count). The molecule has 3 aromatic rings. The van der Waals surface area contributed by atoms with Crippen LogP contribution in [0.25, 0.3) is 11.0 Å². The van der Waals surface area contributed by atoms with E-state index in [1.54, 1.807) is 20.1 Å². The molecule has 206 valence electrons. The van der Waals surface area contributed by atoms with E-state index in [0.717, 1.165) is 74.5 Å². The van der Waals surface area contributed by atoms with Gasteiger partial charge in [-0.3, -0.25) is 28.6 Å². The van der Waals surface area contributed by atoms with Crippen LogP contribution >= 0.6 is 23.1 Å². The predicted molar refractivity (Wildman–Crippen MR) is 155 cm³/mol. The van der Waals surface area contributed by atoms with E-state index in [2.05, 4.69) is 29.2 Å². The SMILES string of the molecule is CCN1C(=O)S/C(=c2/s/c(=C/c3ccc4c(c3)C3CCCC3N4c3ccc(OC)cc3)c(=O)n2CC(=O)O)C1=O. The topological polar surface area (TPSA) is 109 Å². The van der Waals surface area contributed by atoms with Crippen LogP contribution in [0.4, 0.5) is 16.2 Å². The number of aromatic nitrogens is 1. The fourth-order valence-electron chi connectivity index (χ4n) is 5.96. The number of nitrogens with zero attached hydrogens (tertiary/aromatic N) is 3. The number of hydrogen-bond donors (Lipinski definition) is 1. The van der Waals surface area contributed by atoms with Gasteiger partial charge in [-0.15, -0.1) is 11.3 Å². The number of amides is 2. The van der Waals surface area contributed by atoms with Gasteiger partial charge >= 0.3 is 5.97 Å². The van der Waals surface area contributed by atoms with Gasteiger partial charge in [0.25, 0.3) is 16.7 Å². The lowest BCUT2D eigenvalue weighted by Crippen LogP contribution is -2.35. The molecule has 40 heavy (non-hydrogen) atoms. The van der Waals surface area contributed by atoms with E-state index in [9.17, 15) is 24.3 Å². The Morgan fingerprint density at radius 2 is 1.90 bits per heavy atom. The summed E-state index contributed by atoms with van der Waals surface area (Å²) in [6, 6.07) is 14.6. The van der Waals surface area contributed by atoms with Crippen molar-refractivity contribution in [2.24, 2.45) is 0 Å². The number of carbonyl (C=O) groups excluding carboxylic acids is 2. The van der Waals surface area contributed by atoms with Crippen molar-refractivity contribution < 1.29 is 24.2 Å². The molecule has 1 aliphatic carbocycles. The Kier molecular flexibility index (Phi) is 6.79. The van der Waals surface area contributed by atoms with Crippen molar-refractivity contribution in [3.8, 4) is 5.75 Å². The van der Waals surface area contributed by atoms with E-state index in [1.807, 2.05) is 18.2 Å². The van der Waals surface area contributed by atoms with Gasteiger partial charge in [-0.05, 0) is 85.1 Å². The van der Waals surface area contributed by atoms with Gasteiger partial charge in [0.15, 0.2) is 0 Å². The number of thiazole rings is 1. The van der Waals surface area contributed by atoms with Crippen molar-refractivity contribution >= 4 is 62.6 Å². The van der Waals surface area contributed by atoms with Gasteiger partial charge in [0.2, 0.25) is 0 Å². The molecule has 0 radical (unpaired) electrons. The Labute approximate surface area is 238 Å². The zero-order valence-corrected chi connectivity index (χ0v) is 23.6. The zero-order valence-electron chi connectivity index (χ0n) is 22.0. The number of imide groups is 1. The number of anilines is 2. The standard InChI is InChI=1S/C29H27N3O6S2/c1-3-30-27(36)25(40-29(30)37)28-31(15-24(33)34)26(35)23(39-28)14-16-7-12-22-20(13-16)19-5-4-6-21(19)32(22)17-8-10-18(38-2)11-9-17/h7-14,19,21H,3-6,15H2,1-2H3,(H,33,34)/b23-14+,28-25+. The monoisotopic (exact) mass is 577 g/mol. The highest BCUT2D eigenvalue weighted by Gasteiger charge is 2.42. The van der Waals surface area contributed by atoms with Crippen LogP contribution in [-0.2, 0) is 16.1 Å². The number of methoxy groups -OCH3 is 1. The van der Waals surface area contributed by atoms with Crippen molar-refractivity contribution in [3.63, 3.8) is 0 Å². The van der Waals surface area contributed by atoms with E-state index in [4.69, 9.17) is 4.74 Å². The summed E-state index contributed by atoms with van der Waals surface area (Å²) in [6.45, 7) is 1.29. The number of ether oxygens (including phenoxy) is 1. The van der Waals surface area contributed by atoms with E-state index in [-0.39, 0.29) is 16.1 Å². The third-order valence-corrected chi connectivity index (χ3v) is 9.96. The van der Waals surface area contributed by atoms with Crippen LogP contribution in [0.3, 0.4) is 0 Å². The van der Waals surface area contributed by atoms with Crippen LogP contribution < -0.4 is 24.4 Å². The van der Waals surface area contributed by atoms with E-state index >= 15 is 0 Å². The first-order valence-corrected chi connectivity index (χ1v) is 14.7. The molecule has 3 aliphatic rings. The molecule has 1 aromatic heterocycles. The quantitative estimate of drug-likeness (QED) is 0.475. The molecule has 11 heteroatoms. The summed E-state index contributed by atoms with van der Waals surface area (Å²) in [5, 5.41) is 9.03. The lowest BCUT2D eigenvalue weighted by atomic mass is 9.96. The fourth-order valence-corrected chi connectivity index (χ4v) is 8.14. The highest BCUT2D eigenvalue weighted by molar-refractivity contribution is 8.23. The second-order valence-corrected chi connectivity index (χ2v) is 11.9. The average Bonchev–Trinajstić information content (AvgIpc) is 3.67. The molecule has 9 nitrogen and oxygen atoms in total. The van der Waals surface area contributed by atoms with E-state index in [1.165, 1.54) is 5.56 Å². The second kappa shape index (κ2) is 10.3. The molecule has 2 aromatic carbocycles. The largest absolute Gasteiger partial charge is 0.497 e. The van der Waals surface area contributed by atoms with Crippen molar-refractivity contribution in [2.75, 3.05) is 18.6 Å². The summed E-state index contributed by atoms with van der Waals surface area (Å²) in [5.74, 6) is -0.525. The number of thioether (sulfide) groups is 1. The molecule has 2 amide bonds. The summed E-state index contributed by atoms with van der Waals surface area (Å²) in [7, 11) is 1.65. The number of benzene rings is 2. The maximum Gasteiger partial charge on any atom is 0.323 e. The Morgan fingerprint density at radius 1 is 1.12 bits per heavy atom. The minimum absolute atomic E-state index is 0.0905. The molecule has 1 saturated heterocycles. The molecule has 2 aliphatic heterocycles. The molecule has 2 atom stereocenters. The van der Waals surface area contributed by atoms with Gasteiger partial charge in [-0.25, -0.2) is 0 Å². The lowest BCUT2D eigenvalue weighted by molar-refractivity contribution is -0.137. The third-order valence-electron chi connectivity index (χ3n) is 7.73. The summed E-state index contributed by atoms with van der Waals surface area (Å²) >= 11 is 1.78. The Bertz CT molecular complexity index is 1730. The smallest absolute Gasteiger partial charge is 0.323 e. The van der Waals surface area contributed by atoms with Crippen molar-refractivity contribution in [2.45, 2.75) is 44.7 Å². The first-order valence-electron chi connectivity index (χ1n) is 13.1. The van der Waals surface area contributed by atoms with Crippen LogP contribution in [0.15, 0.2) is 47.3 Å². The predicted octanol–water partition coefficient (Wildman–Crippen LogP) is 3.44. The van der Waals surface area contributed by atoms with E-state index < -0.39 is 29.2 Å². The molecule has 3 heterocycles. The molecule has 1 N–H and O–H groups in total. The number of aliphatic carboxylic acids is 1. The van der Waals surface area contributed by atoms with Crippen molar-refractivity contribution in [1.82, 2.24) is 9.47 Å². The molecule has 2 unspecified atom stereocenters. The van der Waals surface area contributed by atoms with E-state index in [0.29, 0.717) is 16.5 Å². The summed E-state index contributed by atoms with van der Waals surface area (Å²) in [5.41, 5.74) is 3.82. The summed E-state index contributed by atoms with van der Waals surface area (Å²) < 4.78 is 6.92. The summed E-state index contributed by atoms with van der Waals surface area (Å²) in [6.07, 6.45) is 5.07. The minimum Gasteiger partial charge on any atom is -0.497 e. The van der Waals surface area contributed by atoms with Crippen molar-refractivity contribution in [1.29, 1.82) is 0 Å². The van der Waals surface area contributed by atoms with Gasteiger partial charge in [0.05, 0.1) is 11.6 Å². The Balaban J connectivity index is 1.45. The number of rotatable bonds is 6. The number of carboxylic acid groups (broad SMARTS) is 1. The molecular formula is C29H27N3O6S2. The van der Waals surface area contributed by atoms with Gasteiger partial charge in [0.1, 0.15) is 21.9 Å². The number of fused-ring (bicyclic) bond motifs is 3. The first kappa shape index (κ1) is 26.4.